The molecule has 2 aliphatic heterocycles. The van der Waals surface area contributed by atoms with E-state index >= 15 is 0 Å². The third-order valence-electron chi connectivity index (χ3n) is 3.85. The summed E-state index contributed by atoms with van der Waals surface area (Å²) in [4.78, 5) is 0. The van der Waals surface area contributed by atoms with Gasteiger partial charge in [0.1, 0.15) is 6.10 Å². The fraction of sp³-hybridized carbons (Fsp3) is 1.00. The van der Waals surface area contributed by atoms with Gasteiger partial charge in [0.15, 0.2) is 5.79 Å². The van der Waals surface area contributed by atoms with E-state index in [1.165, 1.54) is 0 Å². The molecule has 0 amide bonds. The van der Waals surface area contributed by atoms with Crippen molar-refractivity contribution in [2.24, 2.45) is 11.8 Å². The normalized spacial score (nSPS) is 37.4. The van der Waals surface area contributed by atoms with Gasteiger partial charge in [-0.15, -0.1) is 0 Å². The molecule has 0 aromatic carbocycles. The van der Waals surface area contributed by atoms with Gasteiger partial charge in [0.05, 0.1) is 32.2 Å². The van der Waals surface area contributed by atoms with Gasteiger partial charge in [-0.2, -0.15) is 8.42 Å². The summed E-state index contributed by atoms with van der Waals surface area (Å²) in [6.45, 7) is 7.22. The standard InChI is InChI=1S/C13H24O6S/c1-9-7-16-12(11-8-17-13(2,3)19-11)10(9)5-6-18-20(4,14)15/h9-12H,5-8H2,1-4H3/t9-,10-,11+,12-/m0/s1. The number of hydrogen-bond donors (Lipinski definition) is 0. The lowest BCUT2D eigenvalue weighted by Gasteiger charge is -2.26. The molecule has 0 radical (unpaired) electrons. The van der Waals surface area contributed by atoms with Gasteiger partial charge in [-0.1, -0.05) is 6.92 Å². The Labute approximate surface area is 120 Å². The van der Waals surface area contributed by atoms with Crippen molar-refractivity contribution in [3.8, 4) is 0 Å². The highest BCUT2D eigenvalue weighted by atomic mass is 32.2. The summed E-state index contributed by atoms with van der Waals surface area (Å²) in [5.74, 6) is 0.00272. The quantitative estimate of drug-likeness (QED) is 0.710. The van der Waals surface area contributed by atoms with E-state index in [0.717, 1.165) is 6.26 Å². The zero-order valence-electron chi connectivity index (χ0n) is 12.5. The van der Waals surface area contributed by atoms with Crippen molar-refractivity contribution in [2.75, 3.05) is 26.1 Å². The lowest BCUT2D eigenvalue weighted by atomic mass is 9.87. The van der Waals surface area contributed by atoms with E-state index in [1.807, 2.05) is 13.8 Å². The summed E-state index contributed by atoms with van der Waals surface area (Å²) < 4.78 is 44.1. The molecule has 2 fully saturated rings. The predicted molar refractivity (Wildman–Crippen MR) is 72.7 cm³/mol. The van der Waals surface area contributed by atoms with Crippen LogP contribution in [0, 0.1) is 11.8 Å². The Kier molecular flexibility index (Phi) is 4.76. The maximum Gasteiger partial charge on any atom is 0.264 e. The minimum Gasteiger partial charge on any atom is -0.375 e. The van der Waals surface area contributed by atoms with Crippen molar-refractivity contribution in [1.29, 1.82) is 0 Å². The van der Waals surface area contributed by atoms with Gasteiger partial charge in [-0.3, -0.25) is 4.18 Å². The molecule has 20 heavy (non-hydrogen) atoms. The van der Waals surface area contributed by atoms with Crippen molar-refractivity contribution < 1.29 is 26.8 Å². The van der Waals surface area contributed by atoms with E-state index in [9.17, 15) is 8.42 Å². The summed E-state index contributed by atoms with van der Waals surface area (Å²) in [5.41, 5.74) is 0. The van der Waals surface area contributed by atoms with Crippen LogP contribution in [0.2, 0.25) is 0 Å². The average Bonchev–Trinajstić information content (AvgIpc) is 2.81. The van der Waals surface area contributed by atoms with Crippen LogP contribution < -0.4 is 0 Å². The highest BCUT2D eigenvalue weighted by Crippen LogP contribution is 2.36. The first-order valence-electron chi connectivity index (χ1n) is 6.96. The fourth-order valence-electron chi connectivity index (χ4n) is 2.88. The molecule has 0 bridgehead atoms. The zero-order valence-corrected chi connectivity index (χ0v) is 13.3. The van der Waals surface area contributed by atoms with Crippen LogP contribution in [0.15, 0.2) is 0 Å². The van der Waals surface area contributed by atoms with Gasteiger partial charge >= 0.3 is 0 Å². The van der Waals surface area contributed by atoms with Crippen LogP contribution in [0.4, 0.5) is 0 Å². The molecule has 0 N–H and O–H groups in total. The Morgan fingerprint density at radius 1 is 1.30 bits per heavy atom. The molecule has 4 atom stereocenters. The third-order valence-corrected chi connectivity index (χ3v) is 4.44. The Morgan fingerprint density at radius 3 is 2.55 bits per heavy atom. The Bertz CT molecular complexity index is 432. The van der Waals surface area contributed by atoms with Crippen molar-refractivity contribution in [1.82, 2.24) is 0 Å². The van der Waals surface area contributed by atoms with E-state index in [1.54, 1.807) is 0 Å². The van der Waals surface area contributed by atoms with Crippen LogP contribution in [-0.2, 0) is 28.5 Å². The molecule has 0 saturated carbocycles. The molecule has 0 aliphatic carbocycles. The maximum atomic E-state index is 11.0. The third kappa shape index (κ3) is 4.14. The average molecular weight is 308 g/mol. The summed E-state index contributed by atoms with van der Waals surface area (Å²) in [6.07, 6.45) is 1.54. The minimum atomic E-state index is -3.39. The SMILES string of the molecule is C[C@H]1CO[C@H]([C@H]2COC(C)(C)O2)[C@H]1CCOS(C)(=O)=O. The second-order valence-corrected chi connectivity index (χ2v) is 7.76. The van der Waals surface area contributed by atoms with E-state index in [-0.39, 0.29) is 24.7 Å². The van der Waals surface area contributed by atoms with Gasteiger partial charge in [-0.05, 0) is 32.1 Å². The summed E-state index contributed by atoms with van der Waals surface area (Å²) in [5, 5.41) is 0. The molecule has 2 rings (SSSR count). The fourth-order valence-corrected chi connectivity index (χ4v) is 3.28. The van der Waals surface area contributed by atoms with Gasteiger partial charge in [0, 0.05) is 0 Å². The van der Waals surface area contributed by atoms with Crippen molar-refractivity contribution in [3.63, 3.8) is 0 Å². The van der Waals surface area contributed by atoms with Gasteiger partial charge in [0.2, 0.25) is 0 Å². The number of hydrogen-bond acceptors (Lipinski definition) is 6. The summed E-state index contributed by atoms with van der Waals surface area (Å²) in [6, 6.07) is 0. The first-order chi connectivity index (χ1) is 9.18. The van der Waals surface area contributed by atoms with Crippen LogP contribution in [0.5, 0.6) is 0 Å². The van der Waals surface area contributed by atoms with Crippen LogP contribution >= 0.6 is 0 Å². The molecule has 7 heteroatoms. The summed E-state index contributed by atoms with van der Waals surface area (Å²) >= 11 is 0. The number of rotatable bonds is 5. The van der Waals surface area contributed by atoms with Crippen molar-refractivity contribution in [3.05, 3.63) is 0 Å². The minimum absolute atomic E-state index is 0.0602. The number of ether oxygens (including phenoxy) is 3. The molecule has 2 aliphatic rings. The predicted octanol–water partition coefficient (Wildman–Crippen LogP) is 1.16. The van der Waals surface area contributed by atoms with Gasteiger partial charge in [-0.25, -0.2) is 0 Å². The monoisotopic (exact) mass is 308 g/mol. The van der Waals surface area contributed by atoms with Crippen molar-refractivity contribution in [2.45, 2.75) is 45.2 Å². The first-order valence-corrected chi connectivity index (χ1v) is 8.77. The smallest absolute Gasteiger partial charge is 0.264 e. The van der Waals surface area contributed by atoms with E-state index < -0.39 is 15.9 Å². The maximum absolute atomic E-state index is 11.0. The molecule has 6 nitrogen and oxygen atoms in total. The molecule has 118 valence electrons. The molecule has 0 aromatic rings. The molecule has 2 saturated heterocycles. The van der Waals surface area contributed by atoms with Gasteiger partial charge in [0.25, 0.3) is 10.1 Å². The van der Waals surface area contributed by atoms with E-state index in [0.29, 0.717) is 25.6 Å². The second kappa shape index (κ2) is 5.88. The van der Waals surface area contributed by atoms with Crippen LogP contribution in [0.1, 0.15) is 27.2 Å². The Morgan fingerprint density at radius 2 is 2.00 bits per heavy atom. The molecular weight excluding hydrogens is 284 g/mol. The zero-order chi connectivity index (χ0) is 15.0. The van der Waals surface area contributed by atoms with E-state index in [2.05, 4.69) is 6.92 Å². The van der Waals surface area contributed by atoms with Gasteiger partial charge < -0.3 is 14.2 Å². The first kappa shape index (κ1) is 16.2. The van der Waals surface area contributed by atoms with Crippen LogP contribution in [0.3, 0.4) is 0 Å². The molecular formula is C13H24O6S. The molecule has 2 heterocycles. The molecule has 0 unspecified atom stereocenters. The van der Waals surface area contributed by atoms with Crippen molar-refractivity contribution >= 4 is 10.1 Å². The molecule has 0 aromatic heterocycles. The summed E-state index contributed by atoms with van der Waals surface area (Å²) in [7, 11) is -3.39. The lowest BCUT2D eigenvalue weighted by Crippen LogP contribution is -2.36. The Hall–Kier alpha value is -0.210. The largest absolute Gasteiger partial charge is 0.375 e. The van der Waals surface area contributed by atoms with Crippen LogP contribution in [0.25, 0.3) is 0 Å². The molecule has 0 spiro atoms. The highest BCUT2D eigenvalue weighted by molar-refractivity contribution is 7.85. The highest BCUT2D eigenvalue weighted by Gasteiger charge is 2.45. The lowest BCUT2D eigenvalue weighted by molar-refractivity contribution is -0.155. The second-order valence-electron chi connectivity index (χ2n) is 6.12. The topological polar surface area (TPSA) is 71.1 Å². The Balaban J connectivity index is 1.92. The van der Waals surface area contributed by atoms with Crippen LogP contribution in [-0.4, -0.2) is 52.5 Å². The van der Waals surface area contributed by atoms with E-state index in [4.69, 9.17) is 18.4 Å².